The van der Waals surface area contributed by atoms with Crippen LogP contribution < -0.4 is 5.32 Å². The molecule has 0 spiro atoms. The van der Waals surface area contributed by atoms with E-state index >= 15 is 0 Å². The predicted molar refractivity (Wildman–Crippen MR) is 72.6 cm³/mol. The van der Waals surface area contributed by atoms with Gasteiger partial charge in [-0.1, -0.05) is 30.3 Å². The van der Waals surface area contributed by atoms with Gasteiger partial charge >= 0.3 is 0 Å². The zero-order chi connectivity index (χ0) is 13.2. The van der Waals surface area contributed by atoms with Crippen molar-refractivity contribution in [3.05, 3.63) is 54.1 Å². The van der Waals surface area contributed by atoms with Crippen LogP contribution in [0.3, 0.4) is 0 Å². The molecule has 1 N–H and O–H groups in total. The molecule has 2 aromatic rings. The Morgan fingerprint density at radius 1 is 1.37 bits per heavy atom. The molecule has 1 aliphatic heterocycles. The molecule has 0 radical (unpaired) electrons. The molecule has 2 heterocycles. The molecule has 3 rings (SSSR count). The molecule has 1 aromatic carbocycles. The van der Waals surface area contributed by atoms with Crippen molar-refractivity contribution in [1.29, 1.82) is 0 Å². The number of rotatable bonds is 3. The minimum atomic E-state index is -0.00204. The van der Waals surface area contributed by atoms with E-state index in [-0.39, 0.29) is 17.7 Å². The smallest absolute Gasteiger partial charge is 0.224 e. The Morgan fingerprint density at radius 2 is 2.16 bits per heavy atom. The molecule has 1 saturated heterocycles. The van der Waals surface area contributed by atoms with Crippen LogP contribution in [0, 0.1) is 5.92 Å². The number of benzene rings is 1. The number of imidazole rings is 1. The maximum absolute atomic E-state index is 12.1. The average molecular weight is 255 g/mol. The normalized spacial score (nSPS) is 22.5. The van der Waals surface area contributed by atoms with E-state index in [4.69, 9.17) is 0 Å². The highest BCUT2D eigenvalue weighted by Crippen LogP contribution is 2.31. The Balaban J connectivity index is 1.85. The van der Waals surface area contributed by atoms with Crippen molar-refractivity contribution in [2.24, 2.45) is 13.0 Å². The van der Waals surface area contributed by atoms with Gasteiger partial charge in [-0.05, 0) is 12.0 Å². The number of hydrogen-bond donors (Lipinski definition) is 1. The molecule has 1 aromatic heterocycles. The third-order valence-corrected chi connectivity index (χ3v) is 3.85. The molecule has 0 aliphatic carbocycles. The molecule has 1 amide bonds. The first-order valence-electron chi connectivity index (χ1n) is 6.53. The van der Waals surface area contributed by atoms with Crippen LogP contribution in [0.4, 0.5) is 0 Å². The van der Waals surface area contributed by atoms with E-state index in [1.165, 1.54) is 5.56 Å². The van der Waals surface area contributed by atoms with E-state index in [2.05, 4.69) is 22.4 Å². The van der Waals surface area contributed by atoms with E-state index in [1.807, 2.05) is 36.0 Å². The maximum atomic E-state index is 12.1. The fourth-order valence-electron chi connectivity index (χ4n) is 2.81. The van der Waals surface area contributed by atoms with Crippen LogP contribution in [0.2, 0.25) is 0 Å². The summed E-state index contributed by atoms with van der Waals surface area (Å²) in [4.78, 5) is 16.2. The Labute approximate surface area is 112 Å². The summed E-state index contributed by atoms with van der Waals surface area (Å²) in [6.45, 7) is 0.704. The lowest BCUT2D eigenvalue weighted by atomic mass is 9.87. The maximum Gasteiger partial charge on any atom is 0.224 e. The number of carbonyl (C=O) groups is 1. The number of carbonyl (C=O) groups excluding carboxylic acids is 1. The molecule has 0 bridgehead atoms. The summed E-state index contributed by atoms with van der Waals surface area (Å²) < 4.78 is 2.00. The van der Waals surface area contributed by atoms with Crippen LogP contribution in [0.25, 0.3) is 0 Å². The number of hydrogen-bond acceptors (Lipinski definition) is 2. The molecule has 0 unspecified atom stereocenters. The van der Waals surface area contributed by atoms with Crippen molar-refractivity contribution in [3.63, 3.8) is 0 Å². The standard InChI is InChI=1S/C15H17N3O/c1-18-10-16-9-14(18)13-8-17-15(19)12(13)7-11-5-3-2-4-6-11/h2-6,9-10,12-13H,7-8H2,1H3,(H,17,19)/t12-,13+/m0/s1. The quantitative estimate of drug-likeness (QED) is 0.903. The largest absolute Gasteiger partial charge is 0.355 e. The van der Waals surface area contributed by atoms with Crippen molar-refractivity contribution in [3.8, 4) is 0 Å². The van der Waals surface area contributed by atoms with E-state index in [9.17, 15) is 4.79 Å². The fourth-order valence-corrected chi connectivity index (χ4v) is 2.81. The zero-order valence-electron chi connectivity index (χ0n) is 10.9. The van der Waals surface area contributed by atoms with E-state index < -0.39 is 0 Å². The van der Waals surface area contributed by atoms with Gasteiger partial charge in [0.2, 0.25) is 5.91 Å². The van der Waals surface area contributed by atoms with Gasteiger partial charge in [0.25, 0.3) is 0 Å². The minimum Gasteiger partial charge on any atom is -0.355 e. The van der Waals surface area contributed by atoms with Gasteiger partial charge < -0.3 is 9.88 Å². The molecule has 2 atom stereocenters. The van der Waals surface area contributed by atoms with E-state index in [0.717, 1.165) is 12.1 Å². The second-order valence-electron chi connectivity index (χ2n) is 5.08. The van der Waals surface area contributed by atoms with Crippen molar-refractivity contribution in [2.75, 3.05) is 6.54 Å². The predicted octanol–water partition coefficient (Wildman–Crippen LogP) is 1.49. The van der Waals surface area contributed by atoms with Gasteiger partial charge in [0.05, 0.1) is 12.2 Å². The monoisotopic (exact) mass is 255 g/mol. The molecule has 0 saturated carbocycles. The Kier molecular flexibility index (Phi) is 3.07. The lowest BCUT2D eigenvalue weighted by Crippen LogP contribution is -2.21. The second-order valence-corrected chi connectivity index (χ2v) is 5.08. The van der Waals surface area contributed by atoms with Crippen molar-refractivity contribution < 1.29 is 4.79 Å². The first kappa shape index (κ1) is 12.0. The van der Waals surface area contributed by atoms with Gasteiger partial charge in [-0.3, -0.25) is 4.79 Å². The third-order valence-electron chi connectivity index (χ3n) is 3.85. The van der Waals surface area contributed by atoms with E-state index in [1.54, 1.807) is 6.33 Å². The summed E-state index contributed by atoms with van der Waals surface area (Å²) in [5.41, 5.74) is 2.33. The summed E-state index contributed by atoms with van der Waals surface area (Å²) in [6.07, 6.45) is 4.43. The van der Waals surface area contributed by atoms with Gasteiger partial charge in [0, 0.05) is 31.4 Å². The van der Waals surface area contributed by atoms with Gasteiger partial charge in [0.15, 0.2) is 0 Å². The second kappa shape index (κ2) is 4.88. The molecule has 4 nitrogen and oxygen atoms in total. The third kappa shape index (κ3) is 2.26. The molecule has 98 valence electrons. The Bertz CT molecular complexity index is 576. The number of nitrogens with zero attached hydrogens (tertiary/aromatic N) is 2. The summed E-state index contributed by atoms with van der Waals surface area (Å²) >= 11 is 0. The fraction of sp³-hybridized carbons (Fsp3) is 0.333. The van der Waals surface area contributed by atoms with E-state index in [0.29, 0.717) is 6.54 Å². The Morgan fingerprint density at radius 3 is 2.84 bits per heavy atom. The summed E-state index contributed by atoms with van der Waals surface area (Å²) in [5, 5.41) is 2.98. The van der Waals surface area contributed by atoms with Gasteiger partial charge in [-0.25, -0.2) is 4.98 Å². The van der Waals surface area contributed by atoms with Gasteiger partial charge in [0.1, 0.15) is 0 Å². The number of aryl methyl sites for hydroxylation is 1. The molecule has 1 aliphatic rings. The average Bonchev–Trinajstić information content (AvgIpc) is 2.99. The minimum absolute atomic E-state index is 0.00204. The molecular weight excluding hydrogens is 238 g/mol. The molecule has 4 heteroatoms. The van der Waals surface area contributed by atoms with Crippen LogP contribution in [-0.2, 0) is 18.3 Å². The van der Waals surface area contributed by atoms with Crippen molar-refractivity contribution >= 4 is 5.91 Å². The number of amides is 1. The first-order valence-corrected chi connectivity index (χ1v) is 6.53. The van der Waals surface area contributed by atoms with Gasteiger partial charge in [-0.15, -0.1) is 0 Å². The van der Waals surface area contributed by atoms with Crippen molar-refractivity contribution in [1.82, 2.24) is 14.9 Å². The molecule has 19 heavy (non-hydrogen) atoms. The molecule has 1 fully saturated rings. The number of aromatic nitrogens is 2. The van der Waals surface area contributed by atoms with Crippen molar-refractivity contribution in [2.45, 2.75) is 12.3 Å². The lowest BCUT2D eigenvalue weighted by Gasteiger charge is -2.17. The van der Waals surface area contributed by atoms with Crippen LogP contribution in [0.1, 0.15) is 17.2 Å². The zero-order valence-corrected chi connectivity index (χ0v) is 10.9. The van der Waals surface area contributed by atoms with Crippen LogP contribution >= 0.6 is 0 Å². The van der Waals surface area contributed by atoms with Crippen LogP contribution in [-0.4, -0.2) is 22.0 Å². The lowest BCUT2D eigenvalue weighted by molar-refractivity contribution is -0.122. The highest BCUT2D eigenvalue weighted by molar-refractivity contribution is 5.82. The van der Waals surface area contributed by atoms with Crippen LogP contribution in [0.15, 0.2) is 42.9 Å². The van der Waals surface area contributed by atoms with Crippen LogP contribution in [0.5, 0.6) is 0 Å². The summed E-state index contributed by atoms with van der Waals surface area (Å²) in [6, 6.07) is 10.2. The molecular formula is C15H17N3O. The summed E-state index contributed by atoms with van der Waals surface area (Å²) in [5.74, 6) is 0.355. The topological polar surface area (TPSA) is 46.9 Å². The Hall–Kier alpha value is -2.10. The summed E-state index contributed by atoms with van der Waals surface area (Å²) in [7, 11) is 1.98. The SMILES string of the molecule is Cn1cncc1[C@@H]1CNC(=O)[C@H]1Cc1ccccc1. The highest BCUT2D eigenvalue weighted by Gasteiger charge is 2.36. The first-order chi connectivity index (χ1) is 9.25. The van der Waals surface area contributed by atoms with Gasteiger partial charge in [-0.2, -0.15) is 0 Å². The highest BCUT2D eigenvalue weighted by atomic mass is 16.2. The number of nitrogens with one attached hydrogen (secondary N) is 1.